The van der Waals surface area contributed by atoms with Gasteiger partial charge in [0.1, 0.15) is 5.92 Å². The zero-order valence-corrected chi connectivity index (χ0v) is 14.8. The number of hydrogen-bond acceptors (Lipinski definition) is 3. The lowest BCUT2D eigenvalue weighted by molar-refractivity contribution is -0.136. The number of pyridine rings is 1. The molecule has 1 aliphatic carbocycles. The number of amides is 2. The van der Waals surface area contributed by atoms with Crippen molar-refractivity contribution in [3.05, 3.63) is 59.4 Å². The van der Waals surface area contributed by atoms with Gasteiger partial charge in [-0.15, -0.1) is 0 Å². The van der Waals surface area contributed by atoms with Crippen LogP contribution in [0, 0.1) is 5.92 Å². The van der Waals surface area contributed by atoms with Crippen LogP contribution in [0.25, 0.3) is 0 Å². The van der Waals surface area contributed by atoms with Crippen molar-refractivity contribution in [3.8, 4) is 0 Å². The Morgan fingerprint density at radius 2 is 1.96 bits per heavy atom. The Hall–Kier alpha value is -2.69. The molecule has 0 saturated carbocycles. The summed E-state index contributed by atoms with van der Waals surface area (Å²) in [7, 11) is 0. The molecule has 5 nitrogen and oxygen atoms in total. The molecule has 1 atom stereocenters. The predicted octanol–water partition coefficient (Wildman–Crippen LogP) is 2.95. The van der Waals surface area contributed by atoms with Crippen molar-refractivity contribution in [1.29, 1.82) is 0 Å². The van der Waals surface area contributed by atoms with Gasteiger partial charge in [0.15, 0.2) is 0 Å². The lowest BCUT2D eigenvalue weighted by atomic mass is 9.92. The van der Waals surface area contributed by atoms with Crippen molar-refractivity contribution in [2.24, 2.45) is 5.92 Å². The Balaban J connectivity index is 1.44. The van der Waals surface area contributed by atoms with E-state index in [-0.39, 0.29) is 11.8 Å². The first kappa shape index (κ1) is 16.8. The molecule has 26 heavy (non-hydrogen) atoms. The minimum atomic E-state index is -0.599. The molecule has 1 fully saturated rings. The average molecular weight is 349 g/mol. The summed E-state index contributed by atoms with van der Waals surface area (Å²) in [6.07, 6.45) is 8.45. The summed E-state index contributed by atoms with van der Waals surface area (Å²) in [5.41, 5.74) is 4.27. The number of aromatic nitrogens is 1. The van der Waals surface area contributed by atoms with E-state index in [0.29, 0.717) is 19.5 Å². The number of aryl methyl sites for hydroxylation is 1. The van der Waals surface area contributed by atoms with E-state index in [1.165, 1.54) is 17.5 Å². The van der Waals surface area contributed by atoms with E-state index < -0.39 is 5.92 Å². The monoisotopic (exact) mass is 349 g/mol. The van der Waals surface area contributed by atoms with Gasteiger partial charge in [0.25, 0.3) is 0 Å². The highest BCUT2D eigenvalue weighted by Crippen LogP contribution is 2.28. The Morgan fingerprint density at radius 1 is 1.15 bits per heavy atom. The molecule has 2 heterocycles. The first-order chi connectivity index (χ1) is 12.7. The molecule has 1 aromatic heterocycles. The number of nitrogens with zero attached hydrogens (tertiary/aromatic N) is 2. The highest BCUT2D eigenvalue weighted by molar-refractivity contribution is 6.07. The number of carbonyl (C=O) groups is 2. The van der Waals surface area contributed by atoms with E-state index >= 15 is 0 Å². The predicted molar refractivity (Wildman–Crippen MR) is 99.5 cm³/mol. The van der Waals surface area contributed by atoms with Gasteiger partial charge in [-0.2, -0.15) is 0 Å². The van der Waals surface area contributed by atoms with Crippen molar-refractivity contribution in [2.45, 2.75) is 38.6 Å². The number of fused-ring (bicyclic) bond motifs is 1. The van der Waals surface area contributed by atoms with E-state index in [1.807, 2.05) is 36.5 Å². The topological polar surface area (TPSA) is 62.3 Å². The summed E-state index contributed by atoms with van der Waals surface area (Å²) in [6.45, 7) is 1.18. The van der Waals surface area contributed by atoms with Crippen LogP contribution >= 0.6 is 0 Å². The lowest BCUT2D eigenvalue weighted by Crippen LogP contribution is -2.33. The summed E-state index contributed by atoms with van der Waals surface area (Å²) in [5, 5.41) is 2.98. The van der Waals surface area contributed by atoms with Crippen molar-refractivity contribution < 1.29 is 9.59 Å². The van der Waals surface area contributed by atoms with Gasteiger partial charge in [0, 0.05) is 19.3 Å². The second-order valence-electron chi connectivity index (χ2n) is 7.11. The van der Waals surface area contributed by atoms with Crippen LogP contribution in [0.3, 0.4) is 0 Å². The molecule has 5 heteroatoms. The maximum atomic E-state index is 12.7. The Morgan fingerprint density at radius 3 is 2.81 bits per heavy atom. The summed E-state index contributed by atoms with van der Waals surface area (Å²) in [6, 6.07) is 9.89. The molecular weight excluding hydrogens is 326 g/mol. The van der Waals surface area contributed by atoms with Gasteiger partial charge in [-0.1, -0.05) is 30.3 Å². The highest BCUT2D eigenvalue weighted by atomic mass is 16.2. The average Bonchev–Trinajstić information content (AvgIpc) is 3.03. The zero-order chi connectivity index (χ0) is 17.9. The fourth-order valence-corrected chi connectivity index (χ4v) is 3.93. The Labute approximate surface area is 153 Å². The van der Waals surface area contributed by atoms with Crippen LogP contribution in [0.4, 0.5) is 5.69 Å². The third kappa shape index (κ3) is 3.34. The van der Waals surface area contributed by atoms with Crippen LogP contribution < -0.4 is 5.32 Å². The summed E-state index contributed by atoms with van der Waals surface area (Å²) in [5.74, 6) is -0.881. The fraction of sp³-hybridized carbons (Fsp3) is 0.381. The molecule has 4 rings (SSSR count). The molecule has 2 amide bonds. The fourth-order valence-electron chi connectivity index (χ4n) is 3.93. The molecule has 1 unspecified atom stereocenters. The van der Waals surface area contributed by atoms with Crippen LogP contribution in [-0.2, 0) is 29.0 Å². The number of benzene rings is 1. The quantitative estimate of drug-likeness (QED) is 0.863. The normalized spacial score (nSPS) is 19.3. The van der Waals surface area contributed by atoms with Crippen LogP contribution in [0.2, 0.25) is 0 Å². The van der Waals surface area contributed by atoms with Crippen LogP contribution in [0.1, 0.15) is 36.0 Å². The Kier molecular flexibility index (Phi) is 4.69. The molecule has 0 bridgehead atoms. The third-order valence-corrected chi connectivity index (χ3v) is 5.36. The summed E-state index contributed by atoms with van der Waals surface area (Å²) in [4.78, 5) is 31.4. The van der Waals surface area contributed by atoms with Gasteiger partial charge < -0.3 is 10.2 Å². The van der Waals surface area contributed by atoms with E-state index in [4.69, 9.17) is 0 Å². The number of likely N-dealkylation sites (tertiary alicyclic amines) is 1. The van der Waals surface area contributed by atoms with Crippen molar-refractivity contribution in [2.75, 3.05) is 11.9 Å². The van der Waals surface area contributed by atoms with Crippen molar-refractivity contribution in [1.82, 2.24) is 9.88 Å². The van der Waals surface area contributed by atoms with Crippen LogP contribution in [0.15, 0.2) is 42.7 Å². The number of carbonyl (C=O) groups excluding carboxylic acids is 2. The molecule has 1 N–H and O–H groups in total. The molecule has 1 aliphatic heterocycles. The molecule has 0 spiro atoms. The van der Waals surface area contributed by atoms with Gasteiger partial charge in [-0.3, -0.25) is 14.6 Å². The largest absolute Gasteiger partial charge is 0.338 e. The number of nitrogens with one attached hydrogen (secondary N) is 1. The number of anilines is 1. The lowest BCUT2D eigenvalue weighted by Gasteiger charge is -2.20. The van der Waals surface area contributed by atoms with Gasteiger partial charge in [-0.05, 0) is 48.8 Å². The first-order valence-electron chi connectivity index (χ1n) is 9.32. The number of rotatable bonds is 4. The SMILES string of the molecule is O=C(Nc1cncc2c1CCCC2)C1CCN(Cc2ccccc2)C1=O. The molecule has 2 aliphatic rings. The zero-order valence-electron chi connectivity index (χ0n) is 14.8. The van der Waals surface area contributed by atoms with Gasteiger partial charge >= 0.3 is 0 Å². The standard InChI is InChI=1S/C21H23N3O2/c25-20(23-19-13-22-12-16-8-4-5-9-17(16)19)18-10-11-24(21(18)26)14-15-6-2-1-3-7-15/h1-3,6-7,12-13,18H,4-5,8-11,14H2,(H,23,25). The maximum Gasteiger partial charge on any atom is 0.237 e. The summed E-state index contributed by atoms with van der Waals surface area (Å²) < 4.78 is 0. The minimum Gasteiger partial charge on any atom is -0.338 e. The molecule has 1 saturated heterocycles. The maximum absolute atomic E-state index is 12.7. The molecule has 1 aromatic carbocycles. The number of hydrogen-bond donors (Lipinski definition) is 1. The van der Waals surface area contributed by atoms with Crippen LogP contribution in [-0.4, -0.2) is 28.2 Å². The van der Waals surface area contributed by atoms with Gasteiger partial charge in [-0.25, -0.2) is 0 Å². The Bertz CT molecular complexity index is 819. The second kappa shape index (κ2) is 7.28. The minimum absolute atomic E-state index is 0.0795. The molecule has 2 aromatic rings. The van der Waals surface area contributed by atoms with E-state index in [9.17, 15) is 9.59 Å². The van der Waals surface area contributed by atoms with Crippen LogP contribution in [0.5, 0.6) is 0 Å². The van der Waals surface area contributed by atoms with E-state index in [0.717, 1.165) is 30.5 Å². The molecule has 134 valence electrons. The van der Waals surface area contributed by atoms with Gasteiger partial charge in [0.05, 0.1) is 11.9 Å². The third-order valence-electron chi connectivity index (χ3n) is 5.36. The second-order valence-corrected chi connectivity index (χ2v) is 7.11. The van der Waals surface area contributed by atoms with Gasteiger partial charge in [0.2, 0.25) is 11.8 Å². The van der Waals surface area contributed by atoms with E-state index in [1.54, 1.807) is 11.1 Å². The summed E-state index contributed by atoms with van der Waals surface area (Å²) >= 11 is 0. The van der Waals surface area contributed by atoms with Crippen molar-refractivity contribution >= 4 is 17.5 Å². The molecule has 0 radical (unpaired) electrons. The van der Waals surface area contributed by atoms with E-state index in [2.05, 4.69) is 10.3 Å². The van der Waals surface area contributed by atoms with Crippen molar-refractivity contribution in [3.63, 3.8) is 0 Å². The molecular formula is C21H23N3O2. The first-order valence-corrected chi connectivity index (χ1v) is 9.32. The smallest absolute Gasteiger partial charge is 0.237 e. The highest BCUT2D eigenvalue weighted by Gasteiger charge is 2.37.